The average molecular weight is 511 g/mol. The van der Waals surface area contributed by atoms with Crippen LogP contribution in [-0.4, -0.2) is 61.7 Å². The van der Waals surface area contributed by atoms with E-state index in [0.29, 0.717) is 9.87 Å². The Bertz CT molecular complexity index is 1150. The standard InChI is InChI=1S/C24H32F2N4O4S/c1-17(23(32)27-24(2,3)4)29(15-18-11-13-19(25)14-12-18)22(31)16-30(35(33,34)28(5)6)21-10-8-7-9-20(21)26/h7-14,17H,15-16H2,1-6H3,(H,27,32)/t17-/m0/s1. The van der Waals surface area contributed by atoms with Gasteiger partial charge in [0.1, 0.15) is 24.2 Å². The first-order valence-electron chi connectivity index (χ1n) is 10.9. The number of carbonyl (C=O) groups is 2. The van der Waals surface area contributed by atoms with E-state index in [4.69, 9.17) is 0 Å². The first-order valence-corrected chi connectivity index (χ1v) is 12.3. The topological polar surface area (TPSA) is 90.0 Å². The Morgan fingerprint density at radius 2 is 1.57 bits per heavy atom. The van der Waals surface area contributed by atoms with E-state index in [-0.39, 0.29) is 12.2 Å². The largest absolute Gasteiger partial charge is 0.350 e. The Morgan fingerprint density at radius 3 is 2.09 bits per heavy atom. The van der Waals surface area contributed by atoms with Crippen molar-refractivity contribution in [2.45, 2.75) is 45.8 Å². The van der Waals surface area contributed by atoms with E-state index in [1.165, 1.54) is 68.4 Å². The number of nitrogens with zero attached hydrogens (tertiary/aromatic N) is 3. The van der Waals surface area contributed by atoms with Crippen molar-refractivity contribution in [3.8, 4) is 0 Å². The molecular weight excluding hydrogens is 478 g/mol. The molecule has 11 heteroatoms. The van der Waals surface area contributed by atoms with Gasteiger partial charge in [-0.05, 0) is 57.5 Å². The van der Waals surface area contributed by atoms with Crippen LogP contribution in [0.1, 0.15) is 33.3 Å². The van der Waals surface area contributed by atoms with Crippen LogP contribution in [0, 0.1) is 11.6 Å². The number of hydrogen-bond donors (Lipinski definition) is 1. The summed E-state index contributed by atoms with van der Waals surface area (Å²) < 4.78 is 55.6. The van der Waals surface area contributed by atoms with E-state index in [1.54, 1.807) is 20.8 Å². The van der Waals surface area contributed by atoms with Gasteiger partial charge in [-0.2, -0.15) is 12.7 Å². The fraction of sp³-hybridized carbons (Fsp3) is 0.417. The monoisotopic (exact) mass is 510 g/mol. The molecule has 1 atom stereocenters. The fourth-order valence-electron chi connectivity index (χ4n) is 3.20. The van der Waals surface area contributed by atoms with Crippen molar-refractivity contribution < 1.29 is 26.8 Å². The second kappa shape index (κ2) is 11.1. The predicted molar refractivity (Wildman–Crippen MR) is 131 cm³/mol. The smallest absolute Gasteiger partial charge is 0.304 e. The molecule has 2 aromatic rings. The van der Waals surface area contributed by atoms with Gasteiger partial charge in [0.05, 0.1) is 5.69 Å². The molecule has 2 rings (SSSR count). The second-order valence-corrected chi connectivity index (χ2v) is 11.4. The molecule has 0 heterocycles. The zero-order chi connectivity index (χ0) is 26.6. The predicted octanol–water partition coefficient (Wildman–Crippen LogP) is 2.91. The molecule has 0 unspecified atom stereocenters. The van der Waals surface area contributed by atoms with Gasteiger partial charge < -0.3 is 10.2 Å². The maximum atomic E-state index is 14.6. The fourth-order valence-corrected chi connectivity index (χ4v) is 4.26. The number of hydrogen-bond acceptors (Lipinski definition) is 4. The van der Waals surface area contributed by atoms with E-state index < -0.39 is 51.8 Å². The molecular formula is C24H32F2N4O4S. The molecule has 2 aromatic carbocycles. The van der Waals surface area contributed by atoms with Crippen molar-refractivity contribution in [2.75, 3.05) is 24.9 Å². The molecule has 0 saturated heterocycles. The molecule has 1 N–H and O–H groups in total. The highest BCUT2D eigenvalue weighted by Crippen LogP contribution is 2.24. The third-order valence-electron chi connectivity index (χ3n) is 5.07. The van der Waals surface area contributed by atoms with Gasteiger partial charge in [0.2, 0.25) is 11.8 Å². The minimum absolute atomic E-state index is 0.0923. The van der Waals surface area contributed by atoms with Gasteiger partial charge >= 0.3 is 10.2 Å². The number of para-hydroxylation sites is 1. The average Bonchev–Trinajstić information content (AvgIpc) is 2.75. The van der Waals surface area contributed by atoms with Gasteiger partial charge in [0, 0.05) is 26.2 Å². The Labute approximate surface area is 205 Å². The number of anilines is 1. The molecule has 0 bridgehead atoms. The van der Waals surface area contributed by atoms with E-state index in [0.717, 1.165) is 10.4 Å². The maximum absolute atomic E-state index is 14.6. The SMILES string of the molecule is C[C@@H](C(=O)NC(C)(C)C)N(Cc1ccc(F)cc1)C(=O)CN(c1ccccc1F)S(=O)(=O)N(C)C. The van der Waals surface area contributed by atoms with Gasteiger partial charge in [0.25, 0.3) is 0 Å². The Morgan fingerprint density at radius 1 is 1.00 bits per heavy atom. The summed E-state index contributed by atoms with van der Waals surface area (Å²) in [7, 11) is -1.73. The first-order chi connectivity index (χ1) is 16.1. The number of halogens is 2. The second-order valence-electron chi connectivity index (χ2n) is 9.31. The van der Waals surface area contributed by atoms with E-state index in [2.05, 4.69) is 5.32 Å². The van der Waals surface area contributed by atoms with Crippen LogP contribution in [0.3, 0.4) is 0 Å². The maximum Gasteiger partial charge on any atom is 0.304 e. The van der Waals surface area contributed by atoms with Crippen molar-refractivity contribution in [2.24, 2.45) is 0 Å². The summed E-state index contributed by atoms with van der Waals surface area (Å²) in [5, 5.41) is 2.80. The molecule has 0 saturated carbocycles. The molecule has 0 fully saturated rings. The Balaban J connectivity index is 2.48. The minimum atomic E-state index is -4.27. The van der Waals surface area contributed by atoms with Crippen LogP contribution in [0.5, 0.6) is 0 Å². The van der Waals surface area contributed by atoms with Crippen LogP contribution in [-0.2, 0) is 26.3 Å². The van der Waals surface area contributed by atoms with Gasteiger partial charge in [-0.3, -0.25) is 9.59 Å². The number of benzene rings is 2. The Hall–Kier alpha value is -3.05. The van der Waals surface area contributed by atoms with Crippen molar-refractivity contribution in [1.82, 2.24) is 14.5 Å². The van der Waals surface area contributed by atoms with Crippen molar-refractivity contribution in [3.63, 3.8) is 0 Å². The summed E-state index contributed by atoms with van der Waals surface area (Å²) in [6, 6.07) is 9.58. The van der Waals surface area contributed by atoms with Crippen molar-refractivity contribution in [1.29, 1.82) is 0 Å². The summed E-state index contributed by atoms with van der Waals surface area (Å²) in [6.45, 7) is 6.02. The van der Waals surface area contributed by atoms with Gasteiger partial charge in [-0.1, -0.05) is 24.3 Å². The zero-order valence-corrected chi connectivity index (χ0v) is 21.6. The van der Waals surface area contributed by atoms with Crippen LogP contribution < -0.4 is 9.62 Å². The zero-order valence-electron chi connectivity index (χ0n) is 20.7. The lowest BCUT2D eigenvalue weighted by atomic mass is 10.1. The highest BCUT2D eigenvalue weighted by atomic mass is 32.2. The minimum Gasteiger partial charge on any atom is -0.350 e. The number of rotatable bonds is 9. The Kier molecular flexibility index (Phi) is 8.96. The molecule has 8 nitrogen and oxygen atoms in total. The molecule has 0 aliphatic heterocycles. The summed E-state index contributed by atoms with van der Waals surface area (Å²) in [4.78, 5) is 27.6. The van der Waals surface area contributed by atoms with Gasteiger partial charge in [-0.15, -0.1) is 0 Å². The van der Waals surface area contributed by atoms with E-state index in [1.807, 2.05) is 0 Å². The lowest BCUT2D eigenvalue weighted by Gasteiger charge is -2.34. The van der Waals surface area contributed by atoms with E-state index in [9.17, 15) is 26.8 Å². The van der Waals surface area contributed by atoms with E-state index >= 15 is 0 Å². The quantitative estimate of drug-likeness (QED) is 0.562. The highest BCUT2D eigenvalue weighted by Gasteiger charge is 2.34. The molecule has 0 aliphatic carbocycles. The first kappa shape index (κ1) is 28.2. The van der Waals surface area contributed by atoms with Gasteiger partial charge in [-0.25, -0.2) is 13.1 Å². The van der Waals surface area contributed by atoms with Crippen LogP contribution in [0.15, 0.2) is 48.5 Å². The lowest BCUT2D eigenvalue weighted by Crippen LogP contribution is -2.55. The summed E-state index contributed by atoms with van der Waals surface area (Å²) >= 11 is 0. The molecule has 35 heavy (non-hydrogen) atoms. The molecule has 0 spiro atoms. The van der Waals surface area contributed by atoms with Crippen LogP contribution >= 0.6 is 0 Å². The lowest BCUT2D eigenvalue weighted by molar-refractivity contribution is -0.140. The molecule has 0 aliphatic rings. The third-order valence-corrected chi connectivity index (χ3v) is 6.88. The van der Waals surface area contributed by atoms with Crippen LogP contribution in [0.2, 0.25) is 0 Å². The normalized spacial score (nSPS) is 12.8. The number of nitrogens with one attached hydrogen (secondary N) is 1. The highest BCUT2D eigenvalue weighted by molar-refractivity contribution is 7.90. The molecule has 0 radical (unpaired) electrons. The molecule has 2 amide bonds. The van der Waals surface area contributed by atoms with Crippen molar-refractivity contribution >= 4 is 27.7 Å². The summed E-state index contributed by atoms with van der Waals surface area (Å²) in [5.74, 6) is -2.48. The number of carbonyl (C=O) groups excluding carboxylic acids is 2. The third kappa shape index (κ3) is 7.46. The van der Waals surface area contributed by atoms with Crippen LogP contribution in [0.4, 0.5) is 14.5 Å². The summed E-state index contributed by atoms with van der Waals surface area (Å²) in [5.41, 5.74) is -0.352. The molecule has 192 valence electrons. The van der Waals surface area contributed by atoms with Gasteiger partial charge in [0.15, 0.2) is 0 Å². The van der Waals surface area contributed by atoms with Crippen molar-refractivity contribution in [3.05, 3.63) is 65.7 Å². The molecule has 0 aromatic heterocycles. The summed E-state index contributed by atoms with van der Waals surface area (Å²) in [6.07, 6.45) is 0. The van der Waals surface area contributed by atoms with Crippen LogP contribution in [0.25, 0.3) is 0 Å². The number of amides is 2.